The van der Waals surface area contributed by atoms with Gasteiger partial charge >= 0.3 is 5.97 Å². The summed E-state index contributed by atoms with van der Waals surface area (Å²) in [5.41, 5.74) is 5.73. The van der Waals surface area contributed by atoms with Gasteiger partial charge in [0.05, 0.1) is 12.0 Å². The lowest BCUT2D eigenvalue weighted by molar-refractivity contribution is -0.150. The fourth-order valence-electron chi connectivity index (χ4n) is 2.18. The van der Waals surface area contributed by atoms with Crippen LogP contribution in [0.5, 0.6) is 0 Å². The van der Waals surface area contributed by atoms with Crippen LogP contribution >= 0.6 is 11.8 Å². The van der Waals surface area contributed by atoms with E-state index in [1.165, 1.54) is 12.0 Å². The molecule has 3 atom stereocenters. The molecule has 3 unspecified atom stereocenters. The maximum Gasteiger partial charge on any atom is 0.327 e. The van der Waals surface area contributed by atoms with Crippen LogP contribution in [0.2, 0.25) is 0 Å². The van der Waals surface area contributed by atoms with Crippen LogP contribution in [0.1, 0.15) is 12.8 Å². The Morgan fingerprint density at radius 1 is 1.56 bits per heavy atom. The average Bonchev–Trinajstić information content (AvgIpc) is 3.07. The number of hydrogen-bond acceptors (Lipinski definition) is 5. The van der Waals surface area contributed by atoms with Gasteiger partial charge in [0.15, 0.2) is 0 Å². The Labute approximate surface area is 110 Å². The summed E-state index contributed by atoms with van der Waals surface area (Å²) in [6, 6.07) is -1.53. The van der Waals surface area contributed by atoms with Crippen LogP contribution in [0.3, 0.4) is 0 Å². The first-order valence-electron chi connectivity index (χ1n) is 5.97. The summed E-state index contributed by atoms with van der Waals surface area (Å²) in [5.74, 6) is -0.394. The zero-order valence-corrected chi connectivity index (χ0v) is 11.1. The minimum absolute atomic E-state index is 0.0264. The molecule has 1 aliphatic heterocycles. The topological polar surface area (TPSA) is 92.9 Å². The van der Waals surface area contributed by atoms with Crippen molar-refractivity contribution in [3.8, 4) is 0 Å². The van der Waals surface area contributed by atoms with Crippen molar-refractivity contribution in [3.05, 3.63) is 0 Å². The molecule has 1 aliphatic carbocycles. The molecule has 7 heteroatoms. The van der Waals surface area contributed by atoms with E-state index in [9.17, 15) is 14.7 Å². The first kappa shape index (κ1) is 13.6. The molecule has 102 valence electrons. The molecule has 2 rings (SSSR count). The third kappa shape index (κ3) is 2.62. The minimum Gasteiger partial charge on any atom is -0.480 e. The normalized spacial score (nSPS) is 29.3. The number of carbonyl (C=O) groups excluding carboxylic acids is 1. The number of carboxylic acids is 1. The standard InChI is InChI=1S/C11H18N2O4S/c1-17-4-7(12)9(14)13-8(11(15)16)5-18-10(13)6-2-3-6/h6-8,10H,2-5,12H2,1H3,(H,15,16). The van der Waals surface area contributed by atoms with Gasteiger partial charge in [-0.15, -0.1) is 11.8 Å². The molecule has 1 saturated carbocycles. The van der Waals surface area contributed by atoms with Gasteiger partial charge in [-0.1, -0.05) is 0 Å². The van der Waals surface area contributed by atoms with Crippen LogP contribution in [0.15, 0.2) is 0 Å². The molecule has 1 saturated heterocycles. The minimum atomic E-state index is -0.955. The lowest BCUT2D eigenvalue weighted by Gasteiger charge is -2.29. The van der Waals surface area contributed by atoms with Crippen molar-refractivity contribution in [1.29, 1.82) is 0 Å². The number of aliphatic carboxylic acids is 1. The lowest BCUT2D eigenvalue weighted by Crippen LogP contribution is -2.53. The number of thioether (sulfide) groups is 1. The molecular weight excluding hydrogens is 256 g/mol. The quantitative estimate of drug-likeness (QED) is 0.716. The summed E-state index contributed by atoms with van der Waals surface area (Å²) in [7, 11) is 1.47. The Bertz CT molecular complexity index is 348. The summed E-state index contributed by atoms with van der Waals surface area (Å²) in [5, 5.41) is 9.16. The monoisotopic (exact) mass is 274 g/mol. The molecule has 0 aromatic rings. The Morgan fingerprint density at radius 3 is 2.72 bits per heavy atom. The van der Waals surface area contributed by atoms with Gasteiger partial charge in [-0.05, 0) is 18.8 Å². The molecule has 0 aromatic carbocycles. The van der Waals surface area contributed by atoms with Gasteiger partial charge in [0.2, 0.25) is 5.91 Å². The summed E-state index contributed by atoms with van der Waals surface area (Å²) in [6.07, 6.45) is 2.13. The van der Waals surface area contributed by atoms with Crippen LogP contribution in [-0.2, 0) is 14.3 Å². The second-order valence-electron chi connectivity index (χ2n) is 4.72. The van der Waals surface area contributed by atoms with Crippen LogP contribution < -0.4 is 5.73 Å². The van der Waals surface area contributed by atoms with Crippen molar-refractivity contribution >= 4 is 23.6 Å². The molecular formula is C11H18N2O4S. The lowest BCUT2D eigenvalue weighted by atomic mass is 10.2. The van der Waals surface area contributed by atoms with Crippen LogP contribution in [-0.4, -0.2) is 58.8 Å². The smallest absolute Gasteiger partial charge is 0.327 e. The molecule has 18 heavy (non-hydrogen) atoms. The third-order valence-corrected chi connectivity index (χ3v) is 4.72. The SMILES string of the molecule is COCC(N)C(=O)N1C(C(=O)O)CSC1C1CC1. The number of nitrogens with two attached hydrogens (primary N) is 1. The summed E-state index contributed by atoms with van der Waals surface area (Å²) in [6.45, 7) is 0.115. The van der Waals surface area contributed by atoms with Crippen molar-refractivity contribution < 1.29 is 19.4 Å². The van der Waals surface area contributed by atoms with E-state index in [-0.39, 0.29) is 17.9 Å². The highest BCUT2D eigenvalue weighted by atomic mass is 32.2. The number of amides is 1. The number of carbonyl (C=O) groups is 2. The maximum absolute atomic E-state index is 12.2. The molecule has 6 nitrogen and oxygen atoms in total. The van der Waals surface area contributed by atoms with Crippen molar-refractivity contribution in [2.75, 3.05) is 19.5 Å². The molecule has 0 spiro atoms. The molecule has 0 bridgehead atoms. The number of carboxylic acid groups (broad SMARTS) is 1. The Balaban J connectivity index is 2.12. The predicted octanol–water partition coefficient (Wildman–Crippen LogP) is -0.275. The number of ether oxygens (including phenoxy) is 1. The molecule has 0 aromatic heterocycles. The van der Waals surface area contributed by atoms with E-state index in [0.29, 0.717) is 11.7 Å². The Morgan fingerprint density at radius 2 is 2.22 bits per heavy atom. The molecule has 1 heterocycles. The fraction of sp³-hybridized carbons (Fsp3) is 0.818. The molecule has 2 fully saturated rings. The molecule has 0 radical (unpaired) electrons. The molecule has 1 amide bonds. The zero-order valence-electron chi connectivity index (χ0n) is 10.2. The summed E-state index contributed by atoms with van der Waals surface area (Å²) < 4.78 is 4.86. The van der Waals surface area contributed by atoms with Crippen molar-refractivity contribution in [1.82, 2.24) is 4.90 Å². The van der Waals surface area contributed by atoms with E-state index in [4.69, 9.17) is 10.5 Å². The average molecular weight is 274 g/mol. The largest absolute Gasteiger partial charge is 0.480 e. The van der Waals surface area contributed by atoms with E-state index >= 15 is 0 Å². The number of nitrogens with zero attached hydrogens (tertiary/aromatic N) is 1. The van der Waals surface area contributed by atoms with Gasteiger partial charge < -0.3 is 20.5 Å². The highest BCUT2D eigenvalue weighted by Gasteiger charge is 2.48. The van der Waals surface area contributed by atoms with Gasteiger partial charge in [0, 0.05) is 12.9 Å². The van der Waals surface area contributed by atoms with Crippen molar-refractivity contribution in [3.63, 3.8) is 0 Å². The first-order valence-corrected chi connectivity index (χ1v) is 7.02. The molecule has 3 N–H and O–H groups in total. The summed E-state index contributed by atoms with van der Waals surface area (Å²) >= 11 is 1.55. The maximum atomic E-state index is 12.2. The van der Waals surface area contributed by atoms with E-state index in [1.54, 1.807) is 11.8 Å². The number of rotatable bonds is 5. The van der Waals surface area contributed by atoms with E-state index in [1.807, 2.05) is 0 Å². The Kier molecular flexibility index (Phi) is 4.14. The van der Waals surface area contributed by atoms with Gasteiger partial charge in [0.25, 0.3) is 0 Å². The Hall–Kier alpha value is -0.790. The summed E-state index contributed by atoms with van der Waals surface area (Å²) in [4.78, 5) is 24.9. The van der Waals surface area contributed by atoms with E-state index in [2.05, 4.69) is 0 Å². The van der Waals surface area contributed by atoms with Crippen LogP contribution in [0, 0.1) is 5.92 Å². The zero-order chi connectivity index (χ0) is 13.3. The van der Waals surface area contributed by atoms with Crippen LogP contribution in [0.25, 0.3) is 0 Å². The van der Waals surface area contributed by atoms with Crippen molar-refractivity contribution in [2.45, 2.75) is 30.3 Å². The highest BCUT2D eigenvalue weighted by molar-refractivity contribution is 8.00. The second-order valence-corrected chi connectivity index (χ2v) is 5.87. The third-order valence-electron chi connectivity index (χ3n) is 3.26. The second kappa shape index (κ2) is 5.46. The number of hydrogen-bond donors (Lipinski definition) is 2. The van der Waals surface area contributed by atoms with Gasteiger partial charge in [0.1, 0.15) is 12.1 Å². The van der Waals surface area contributed by atoms with Crippen molar-refractivity contribution in [2.24, 2.45) is 11.7 Å². The van der Waals surface area contributed by atoms with Gasteiger partial charge in [-0.2, -0.15) is 0 Å². The highest BCUT2D eigenvalue weighted by Crippen LogP contribution is 2.45. The van der Waals surface area contributed by atoms with E-state index in [0.717, 1.165) is 12.8 Å². The van der Waals surface area contributed by atoms with Gasteiger partial charge in [-0.3, -0.25) is 4.79 Å². The number of methoxy groups -OCH3 is 1. The predicted molar refractivity (Wildman–Crippen MR) is 67.1 cm³/mol. The van der Waals surface area contributed by atoms with E-state index < -0.39 is 18.1 Å². The first-order chi connectivity index (χ1) is 8.56. The molecule has 2 aliphatic rings. The van der Waals surface area contributed by atoms with Crippen LogP contribution in [0.4, 0.5) is 0 Å². The fourth-order valence-corrected chi connectivity index (χ4v) is 3.82. The van der Waals surface area contributed by atoms with Gasteiger partial charge in [-0.25, -0.2) is 4.79 Å².